The molecule has 1 aliphatic rings. The number of hydrogen-bond donors (Lipinski definition) is 2. The zero-order valence-corrected chi connectivity index (χ0v) is 14.8. The fourth-order valence-electron chi connectivity index (χ4n) is 1.99. The van der Waals surface area contributed by atoms with Crippen molar-refractivity contribution in [2.45, 2.75) is 6.61 Å². The Morgan fingerprint density at radius 1 is 1.46 bits per heavy atom. The first-order chi connectivity index (χ1) is 11.5. The molecule has 0 bridgehead atoms. The Bertz CT molecular complexity index is 835. The van der Waals surface area contributed by atoms with Gasteiger partial charge in [0.05, 0.1) is 11.1 Å². The van der Waals surface area contributed by atoms with E-state index >= 15 is 0 Å². The number of phenolic OH excluding ortho intramolecular Hbond substituents is 1. The van der Waals surface area contributed by atoms with E-state index in [1.165, 1.54) is 13.1 Å². The lowest BCUT2D eigenvalue weighted by Gasteiger charge is -2.10. The van der Waals surface area contributed by atoms with E-state index in [0.717, 1.165) is 22.2 Å². The first kappa shape index (κ1) is 16.6. The van der Waals surface area contributed by atoms with Crippen LogP contribution in [-0.4, -0.2) is 38.4 Å². The van der Waals surface area contributed by atoms with Crippen LogP contribution < -0.4 is 4.74 Å². The molecular weight excluding hydrogens is 398 g/mol. The lowest BCUT2D eigenvalue weighted by atomic mass is 10.2. The number of likely N-dealkylation sites (N-methyl/N-ethyl adjacent to an activating group) is 1. The Balaban J connectivity index is 1.87. The Kier molecular flexibility index (Phi) is 4.63. The molecule has 1 saturated heterocycles. The molecule has 9 heteroatoms. The van der Waals surface area contributed by atoms with Gasteiger partial charge < -0.3 is 9.84 Å². The topological polar surface area (TPSA) is 95.5 Å². The van der Waals surface area contributed by atoms with Crippen LogP contribution in [0, 0.1) is 0 Å². The molecule has 0 aliphatic carbocycles. The zero-order chi connectivity index (χ0) is 17.3. The number of aromatic nitrogens is 2. The van der Waals surface area contributed by atoms with Crippen LogP contribution in [0.25, 0.3) is 6.08 Å². The Morgan fingerprint density at radius 2 is 2.25 bits per heavy atom. The number of imide groups is 1. The van der Waals surface area contributed by atoms with Crippen LogP contribution in [0.5, 0.6) is 11.5 Å². The monoisotopic (exact) mass is 409 g/mol. The molecule has 0 atom stereocenters. The number of rotatable bonds is 4. The fourth-order valence-corrected chi connectivity index (χ4v) is 3.25. The largest absolute Gasteiger partial charge is 0.504 e. The summed E-state index contributed by atoms with van der Waals surface area (Å²) < 4.78 is 6.16. The van der Waals surface area contributed by atoms with Gasteiger partial charge in [-0.2, -0.15) is 5.10 Å². The maximum Gasteiger partial charge on any atom is 0.293 e. The third-order valence-corrected chi connectivity index (χ3v) is 4.95. The SMILES string of the molecule is CN1C(=O)S/C(=C\c2cc(OCc3cn[nH]c3)c(O)cc2Br)C1=O. The second-order valence-electron chi connectivity index (χ2n) is 4.98. The van der Waals surface area contributed by atoms with Gasteiger partial charge in [-0.15, -0.1) is 0 Å². The molecule has 7 nitrogen and oxygen atoms in total. The van der Waals surface area contributed by atoms with Crippen molar-refractivity contribution in [1.29, 1.82) is 0 Å². The minimum Gasteiger partial charge on any atom is -0.504 e. The third kappa shape index (κ3) is 3.31. The van der Waals surface area contributed by atoms with Crippen LogP contribution >= 0.6 is 27.7 Å². The van der Waals surface area contributed by atoms with Crippen LogP contribution in [0.15, 0.2) is 33.9 Å². The van der Waals surface area contributed by atoms with E-state index in [1.54, 1.807) is 24.5 Å². The molecule has 0 spiro atoms. The molecule has 2 amide bonds. The van der Waals surface area contributed by atoms with Gasteiger partial charge in [-0.05, 0) is 35.5 Å². The lowest BCUT2D eigenvalue weighted by Crippen LogP contribution is -2.22. The van der Waals surface area contributed by atoms with Crippen LogP contribution in [0.4, 0.5) is 4.79 Å². The van der Waals surface area contributed by atoms with Gasteiger partial charge in [-0.1, -0.05) is 15.9 Å². The van der Waals surface area contributed by atoms with Crippen molar-refractivity contribution >= 4 is 44.9 Å². The molecule has 2 N–H and O–H groups in total. The molecule has 0 unspecified atom stereocenters. The number of carbonyl (C=O) groups is 2. The number of hydrogen-bond acceptors (Lipinski definition) is 6. The Morgan fingerprint density at radius 3 is 2.88 bits per heavy atom. The van der Waals surface area contributed by atoms with Crippen molar-refractivity contribution in [2.24, 2.45) is 0 Å². The van der Waals surface area contributed by atoms with E-state index in [1.807, 2.05) is 0 Å². The predicted molar refractivity (Wildman–Crippen MR) is 92.5 cm³/mol. The number of phenols is 1. The molecule has 1 aromatic heterocycles. The van der Waals surface area contributed by atoms with Gasteiger partial charge in [0.25, 0.3) is 11.1 Å². The number of halogens is 1. The van der Waals surface area contributed by atoms with E-state index in [9.17, 15) is 14.7 Å². The highest BCUT2D eigenvalue weighted by Gasteiger charge is 2.32. The molecule has 24 heavy (non-hydrogen) atoms. The van der Waals surface area contributed by atoms with E-state index in [0.29, 0.717) is 14.9 Å². The van der Waals surface area contributed by atoms with Gasteiger partial charge in [0, 0.05) is 23.3 Å². The number of thioether (sulfide) groups is 1. The Hall–Kier alpha value is -2.26. The van der Waals surface area contributed by atoms with Crippen molar-refractivity contribution in [2.75, 3.05) is 7.05 Å². The molecule has 1 fully saturated rings. The number of ether oxygens (including phenoxy) is 1. The summed E-state index contributed by atoms with van der Waals surface area (Å²) in [6.45, 7) is 0.233. The smallest absolute Gasteiger partial charge is 0.293 e. The quantitative estimate of drug-likeness (QED) is 0.753. The third-order valence-electron chi connectivity index (χ3n) is 3.30. The number of carbonyl (C=O) groups excluding carboxylic acids is 2. The van der Waals surface area contributed by atoms with Crippen LogP contribution in [0.2, 0.25) is 0 Å². The standard InChI is InChI=1S/C15H12BrN3O4S/c1-19-14(21)13(24-15(19)22)3-9-2-12(11(20)4-10(9)16)23-7-8-5-17-18-6-8/h2-6,20H,7H2,1H3,(H,17,18)/b13-3-. The summed E-state index contributed by atoms with van der Waals surface area (Å²) in [6, 6.07) is 3.08. The van der Waals surface area contributed by atoms with Gasteiger partial charge in [0.15, 0.2) is 11.5 Å². The van der Waals surface area contributed by atoms with Gasteiger partial charge in [-0.25, -0.2) is 0 Å². The van der Waals surface area contributed by atoms with Gasteiger partial charge in [0.2, 0.25) is 0 Å². The molecule has 1 aliphatic heterocycles. The minimum atomic E-state index is -0.356. The van der Waals surface area contributed by atoms with Gasteiger partial charge >= 0.3 is 0 Å². The summed E-state index contributed by atoms with van der Waals surface area (Å²) in [5, 5.41) is 16.2. The van der Waals surface area contributed by atoms with Crippen LogP contribution in [0.3, 0.4) is 0 Å². The second kappa shape index (κ2) is 6.70. The first-order valence-electron chi connectivity index (χ1n) is 6.80. The van der Waals surface area contributed by atoms with Crippen molar-refractivity contribution in [3.8, 4) is 11.5 Å². The number of H-pyrrole nitrogens is 1. The van der Waals surface area contributed by atoms with E-state index in [-0.39, 0.29) is 29.3 Å². The Labute approximate surface area is 149 Å². The number of nitrogens with one attached hydrogen (secondary N) is 1. The summed E-state index contributed by atoms with van der Waals surface area (Å²) in [6.07, 6.45) is 4.89. The summed E-state index contributed by atoms with van der Waals surface area (Å²) in [5.74, 6) is -0.127. The highest BCUT2D eigenvalue weighted by Crippen LogP contribution is 2.37. The molecule has 2 heterocycles. The average molecular weight is 410 g/mol. The highest BCUT2D eigenvalue weighted by atomic mass is 79.9. The molecule has 0 radical (unpaired) electrons. The number of amides is 2. The summed E-state index contributed by atoms with van der Waals surface area (Å²) in [7, 11) is 1.43. The number of aromatic hydroxyl groups is 1. The van der Waals surface area contributed by atoms with Crippen LogP contribution in [0.1, 0.15) is 11.1 Å². The summed E-state index contributed by atoms with van der Waals surface area (Å²) in [4.78, 5) is 24.9. The average Bonchev–Trinajstić information content (AvgIpc) is 3.14. The molecule has 0 saturated carbocycles. The second-order valence-corrected chi connectivity index (χ2v) is 6.82. The van der Waals surface area contributed by atoms with E-state index < -0.39 is 0 Å². The minimum absolute atomic E-state index is 0.0360. The number of nitrogens with zero attached hydrogens (tertiary/aromatic N) is 2. The maximum absolute atomic E-state index is 12.0. The summed E-state index contributed by atoms with van der Waals surface area (Å²) in [5.41, 5.74) is 1.44. The number of benzene rings is 1. The molecular formula is C15H12BrN3O4S. The lowest BCUT2D eigenvalue weighted by molar-refractivity contribution is -0.121. The normalized spacial score (nSPS) is 16.2. The van der Waals surface area contributed by atoms with Crippen molar-refractivity contribution in [3.05, 3.63) is 45.0 Å². The predicted octanol–water partition coefficient (Wildman–Crippen LogP) is 3.12. The van der Waals surface area contributed by atoms with Crippen molar-refractivity contribution in [1.82, 2.24) is 15.1 Å². The molecule has 2 aromatic rings. The fraction of sp³-hybridized carbons (Fsp3) is 0.133. The maximum atomic E-state index is 12.0. The van der Waals surface area contributed by atoms with Crippen molar-refractivity contribution < 1.29 is 19.4 Å². The molecule has 3 rings (SSSR count). The van der Waals surface area contributed by atoms with E-state index in [2.05, 4.69) is 26.1 Å². The van der Waals surface area contributed by atoms with Crippen LogP contribution in [-0.2, 0) is 11.4 Å². The van der Waals surface area contributed by atoms with Crippen molar-refractivity contribution in [3.63, 3.8) is 0 Å². The van der Waals surface area contributed by atoms with Gasteiger partial charge in [0.1, 0.15) is 6.61 Å². The van der Waals surface area contributed by atoms with Gasteiger partial charge in [-0.3, -0.25) is 19.6 Å². The summed E-state index contributed by atoms with van der Waals surface area (Å²) >= 11 is 4.20. The van der Waals surface area contributed by atoms with E-state index in [4.69, 9.17) is 4.74 Å². The first-order valence-corrected chi connectivity index (χ1v) is 8.41. The zero-order valence-electron chi connectivity index (χ0n) is 12.4. The highest BCUT2D eigenvalue weighted by molar-refractivity contribution is 9.10. The number of aromatic amines is 1. The molecule has 1 aromatic carbocycles. The molecule has 124 valence electrons.